The summed E-state index contributed by atoms with van der Waals surface area (Å²) >= 11 is 7.31. The number of sulfonamides is 1. The highest BCUT2D eigenvalue weighted by Gasteiger charge is 2.28. The molecule has 0 aliphatic heterocycles. The Morgan fingerprint density at radius 1 is 1.09 bits per heavy atom. The van der Waals surface area contributed by atoms with Crippen LogP contribution in [0.5, 0.6) is 0 Å². The molecule has 7 nitrogen and oxygen atoms in total. The third-order valence-electron chi connectivity index (χ3n) is 5.20. The zero-order valence-electron chi connectivity index (χ0n) is 17.8. The number of carbonyl (C=O) groups excluding carboxylic acids is 1. The number of rotatable bonds is 6. The van der Waals surface area contributed by atoms with Gasteiger partial charge in [-0.3, -0.25) is 13.9 Å². The van der Waals surface area contributed by atoms with E-state index in [4.69, 9.17) is 11.6 Å². The molecule has 0 atom stereocenters. The summed E-state index contributed by atoms with van der Waals surface area (Å²) in [7, 11) is -2.37. The van der Waals surface area contributed by atoms with Gasteiger partial charge >= 0.3 is 4.87 Å². The predicted molar refractivity (Wildman–Crippen MR) is 133 cm³/mol. The van der Waals surface area contributed by atoms with Crippen molar-refractivity contribution in [1.29, 1.82) is 0 Å². The summed E-state index contributed by atoms with van der Waals surface area (Å²) in [5.74, 6) is -0.531. The van der Waals surface area contributed by atoms with Gasteiger partial charge in [0.15, 0.2) is 0 Å². The fourth-order valence-electron chi connectivity index (χ4n) is 3.43. The topological polar surface area (TPSA) is 88.5 Å². The first-order chi connectivity index (χ1) is 15.7. The highest BCUT2D eigenvalue weighted by atomic mass is 35.5. The Hall–Kier alpha value is -3.14. The second-order valence-electron chi connectivity index (χ2n) is 7.37. The largest absolute Gasteiger partial charge is 0.324 e. The van der Waals surface area contributed by atoms with Gasteiger partial charge in [-0.1, -0.05) is 47.2 Å². The van der Waals surface area contributed by atoms with Crippen LogP contribution in [0.2, 0.25) is 5.02 Å². The lowest BCUT2D eigenvalue weighted by molar-refractivity contribution is -0.114. The van der Waals surface area contributed by atoms with Crippen LogP contribution in [0.3, 0.4) is 0 Å². The number of aryl methyl sites for hydroxylation is 1. The third kappa shape index (κ3) is 4.52. The van der Waals surface area contributed by atoms with Crippen LogP contribution in [-0.4, -0.2) is 25.4 Å². The van der Waals surface area contributed by atoms with Crippen molar-refractivity contribution < 1.29 is 13.2 Å². The van der Waals surface area contributed by atoms with Gasteiger partial charge in [-0.05, 0) is 55.0 Å². The standard InChI is InChI=1S/C23H20ClN3O4S2/c1-15-18(24)9-6-10-19(15)27(33(30,31)17-7-4-3-5-8-17)14-22(28)25-16-11-12-20-21(13-16)32-23(29)26(20)2/h3-13H,14H2,1-2H3,(H,25,28). The van der Waals surface area contributed by atoms with Crippen molar-refractivity contribution in [1.82, 2.24) is 4.57 Å². The fourth-order valence-corrected chi connectivity index (χ4v) is 6.02. The molecule has 0 fully saturated rings. The van der Waals surface area contributed by atoms with E-state index in [1.165, 1.54) is 16.7 Å². The molecule has 0 bridgehead atoms. The maximum atomic E-state index is 13.5. The maximum absolute atomic E-state index is 13.5. The number of nitrogens with one attached hydrogen (secondary N) is 1. The van der Waals surface area contributed by atoms with E-state index in [0.29, 0.717) is 22.0 Å². The van der Waals surface area contributed by atoms with E-state index in [-0.39, 0.29) is 9.77 Å². The van der Waals surface area contributed by atoms with Crippen LogP contribution < -0.4 is 14.5 Å². The highest BCUT2D eigenvalue weighted by Crippen LogP contribution is 2.31. The number of fused-ring (bicyclic) bond motifs is 1. The van der Waals surface area contributed by atoms with E-state index in [9.17, 15) is 18.0 Å². The molecule has 0 aliphatic rings. The Balaban J connectivity index is 1.68. The number of carbonyl (C=O) groups is 1. The van der Waals surface area contributed by atoms with Gasteiger partial charge in [-0.25, -0.2) is 8.42 Å². The van der Waals surface area contributed by atoms with Gasteiger partial charge in [0, 0.05) is 17.8 Å². The quantitative estimate of drug-likeness (QED) is 0.424. The second-order valence-corrected chi connectivity index (χ2v) is 10.6. The predicted octanol–water partition coefficient (Wildman–Crippen LogP) is 4.40. The number of anilines is 2. The Bertz CT molecular complexity index is 1510. The molecule has 1 heterocycles. The molecule has 3 aromatic carbocycles. The number of amides is 1. The zero-order chi connectivity index (χ0) is 23.8. The van der Waals surface area contributed by atoms with Crippen LogP contribution in [-0.2, 0) is 21.9 Å². The minimum atomic E-state index is -4.05. The summed E-state index contributed by atoms with van der Waals surface area (Å²) in [5, 5.41) is 3.13. The SMILES string of the molecule is Cc1c(Cl)cccc1N(CC(=O)Nc1ccc2c(c1)sc(=O)n2C)S(=O)(=O)c1ccccc1. The molecule has 0 aliphatic carbocycles. The summed E-state index contributed by atoms with van der Waals surface area (Å²) < 4.78 is 30.2. The Kier molecular flexibility index (Phi) is 6.29. The van der Waals surface area contributed by atoms with Crippen molar-refractivity contribution in [2.24, 2.45) is 7.05 Å². The molecule has 0 saturated carbocycles. The number of nitrogens with zero attached hydrogens (tertiary/aromatic N) is 2. The number of hydrogen-bond acceptors (Lipinski definition) is 5. The average Bonchev–Trinajstić information content (AvgIpc) is 3.07. The lowest BCUT2D eigenvalue weighted by Crippen LogP contribution is -2.38. The molecule has 1 N–H and O–H groups in total. The van der Waals surface area contributed by atoms with Crippen LogP contribution in [0.25, 0.3) is 10.2 Å². The van der Waals surface area contributed by atoms with E-state index in [1.807, 2.05) is 0 Å². The number of aromatic nitrogens is 1. The molecule has 0 unspecified atom stereocenters. The maximum Gasteiger partial charge on any atom is 0.307 e. The van der Waals surface area contributed by atoms with Gasteiger partial charge in [0.1, 0.15) is 6.54 Å². The molecule has 170 valence electrons. The molecule has 4 rings (SSSR count). The number of halogens is 1. The summed E-state index contributed by atoms with van der Waals surface area (Å²) in [6.07, 6.45) is 0. The van der Waals surface area contributed by atoms with Gasteiger partial charge in [0.2, 0.25) is 5.91 Å². The van der Waals surface area contributed by atoms with E-state index in [0.717, 1.165) is 25.9 Å². The minimum Gasteiger partial charge on any atom is -0.324 e. The van der Waals surface area contributed by atoms with Crippen LogP contribution in [0.4, 0.5) is 11.4 Å². The number of hydrogen-bond donors (Lipinski definition) is 1. The fraction of sp³-hybridized carbons (Fsp3) is 0.130. The Morgan fingerprint density at radius 2 is 1.82 bits per heavy atom. The third-order valence-corrected chi connectivity index (χ3v) is 8.38. The van der Waals surface area contributed by atoms with E-state index >= 15 is 0 Å². The molecule has 0 radical (unpaired) electrons. The van der Waals surface area contributed by atoms with Crippen molar-refractivity contribution in [3.05, 3.63) is 87.0 Å². The highest BCUT2D eigenvalue weighted by molar-refractivity contribution is 7.92. The first-order valence-corrected chi connectivity index (χ1v) is 12.5. The summed E-state index contributed by atoms with van der Waals surface area (Å²) in [6, 6.07) is 17.9. The molecule has 33 heavy (non-hydrogen) atoms. The van der Waals surface area contributed by atoms with Gasteiger partial charge in [-0.2, -0.15) is 0 Å². The molecule has 1 amide bonds. The lowest BCUT2D eigenvalue weighted by Gasteiger charge is -2.26. The molecule has 4 aromatic rings. The van der Waals surface area contributed by atoms with Crippen molar-refractivity contribution in [2.75, 3.05) is 16.2 Å². The van der Waals surface area contributed by atoms with Gasteiger partial charge in [-0.15, -0.1) is 0 Å². The average molecular weight is 502 g/mol. The van der Waals surface area contributed by atoms with Crippen molar-refractivity contribution in [3.63, 3.8) is 0 Å². The van der Waals surface area contributed by atoms with Crippen molar-refractivity contribution in [3.8, 4) is 0 Å². The van der Waals surface area contributed by atoms with E-state index in [2.05, 4.69) is 5.32 Å². The minimum absolute atomic E-state index is 0.0626. The molecule has 1 aromatic heterocycles. The van der Waals surface area contributed by atoms with Gasteiger partial charge in [0.05, 0.1) is 20.8 Å². The van der Waals surface area contributed by atoms with Crippen LogP contribution in [0.15, 0.2) is 76.4 Å². The van der Waals surface area contributed by atoms with Crippen molar-refractivity contribution >= 4 is 60.5 Å². The lowest BCUT2D eigenvalue weighted by atomic mass is 10.2. The smallest absolute Gasteiger partial charge is 0.307 e. The molecule has 10 heteroatoms. The number of thiazole rings is 1. The first kappa shape index (κ1) is 23.0. The summed E-state index contributed by atoms with van der Waals surface area (Å²) in [4.78, 5) is 24.8. The van der Waals surface area contributed by atoms with E-state index in [1.54, 1.807) is 68.6 Å². The number of benzene rings is 3. The molecular formula is C23H20ClN3O4S2. The van der Waals surface area contributed by atoms with Crippen LogP contribution in [0, 0.1) is 6.92 Å². The first-order valence-electron chi connectivity index (χ1n) is 9.91. The van der Waals surface area contributed by atoms with E-state index < -0.39 is 22.5 Å². The normalized spacial score (nSPS) is 11.5. The summed E-state index contributed by atoms with van der Waals surface area (Å²) in [5.41, 5.74) is 2.08. The van der Waals surface area contributed by atoms with Gasteiger partial charge < -0.3 is 9.88 Å². The molecular weight excluding hydrogens is 482 g/mol. The summed E-state index contributed by atoms with van der Waals surface area (Å²) in [6.45, 7) is 1.25. The van der Waals surface area contributed by atoms with Crippen LogP contribution in [0.1, 0.15) is 5.56 Å². The van der Waals surface area contributed by atoms with Crippen molar-refractivity contribution in [2.45, 2.75) is 11.8 Å². The Labute approximate surface area is 199 Å². The Morgan fingerprint density at radius 3 is 2.55 bits per heavy atom. The monoisotopic (exact) mass is 501 g/mol. The van der Waals surface area contributed by atoms with Crippen LogP contribution >= 0.6 is 22.9 Å². The molecule has 0 saturated heterocycles. The molecule has 0 spiro atoms. The zero-order valence-corrected chi connectivity index (χ0v) is 20.2. The van der Waals surface area contributed by atoms with Gasteiger partial charge in [0.25, 0.3) is 10.0 Å². The second kappa shape index (κ2) is 9.01.